The van der Waals surface area contributed by atoms with Crippen LogP contribution in [0.15, 0.2) is 0 Å². The van der Waals surface area contributed by atoms with Gasteiger partial charge < -0.3 is 5.32 Å². The maximum absolute atomic E-state index is 11.8. The lowest BCUT2D eigenvalue weighted by molar-refractivity contribution is -0.122. The van der Waals surface area contributed by atoms with Gasteiger partial charge in [-0.05, 0) is 49.9 Å². The highest BCUT2D eigenvalue weighted by atomic mass is 79.9. The molecule has 0 atom stereocenters. The molecule has 1 aliphatic rings. The highest BCUT2D eigenvalue weighted by molar-refractivity contribution is 9.09. The van der Waals surface area contributed by atoms with Gasteiger partial charge in [0, 0.05) is 17.8 Å². The van der Waals surface area contributed by atoms with E-state index in [9.17, 15) is 4.79 Å². The Hall–Kier alpha value is -0.0500. The van der Waals surface area contributed by atoms with Gasteiger partial charge in [0.1, 0.15) is 0 Å². The zero-order chi connectivity index (χ0) is 14.3. The molecule has 0 saturated heterocycles. The van der Waals surface area contributed by atoms with Gasteiger partial charge in [0.15, 0.2) is 0 Å². The number of amides is 1. The number of alkyl halides is 1. The molecule has 1 amide bonds. The van der Waals surface area contributed by atoms with E-state index < -0.39 is 0 Å². The summed E-state index contributed by atoms with van der Waals surface area (Å²) in [4.78, 5) is 11.8. The number of halogens is 1. The molecule has 0 heterocycles. The van der Waals surface area contributed by atoms with Crippen molar-refractivity contribution in [2.75, 3.05) is 5.33 Å². The van der Waals surface area contributed by atoms with Crippen LogP contribution >= 0.6 is 15.9 Å². The highest BCUT2D eigenvalue weighted by Crippen LogP contribution is 2.40. The van der Waals surface area contributed by atoms with E-state index in [1.54, 1.807) is 0 Å². The first-order valence-corrected chi connectivity index (χ1v) is 8.97. The van der Waals surface area contributed by atoms with Crippen molar-refractivity contribution in [3.63, 3.8) is 0 Å². The van der Waals surface area contributed by atoms with Crippen LogP contribution in [0.2, 0.25) is 0 Å². The van der Waals surface area contributed by atoms with Crippen LogP contribution in [0.5, 0.6) is 0 Å². The monoisotopic (exact) mass is 331 g/mol. The zero-order valence-electron chi connectivity index (χ0n) is 12.8. The second kappa shape index (κ2) is 8.28. The summed E-state index contributed by atoms with van der Waals surface area (Å²) in [7, 11) is 0. The summed E-state index contributed by atoms with van der Waals surface area (Å²) >= 11 is 3.40. The minimum absolute atomic E-state index is 0.249. The third-order valence-electron chi connectivity index (χ3n) is 4.90. The van der Waals surface area contributed by atoms with E-state index >= 15 is 0 Å². The van der Waals surface area contributed by atoms with Crippen molar-refractivity contribution in [2.24, 2.45) is 11.3 Å². The van der Waals surface area contributed by atoms with Gasteiger partial charge in [0.05, 0.1) is 0 Å². The molecule has 1 fully saturated rings. The van der Waals surface area contributed by atoms with Crippen LogP contribution in [-0.2, 0) is 4.79 Å². The predicted molar refractivity (Wildman–Crippen MR) is 85.6 cm³/mol. The molecular weight excluding hydrogens is 302 g/mol. The lowest BCUT2D eigenvalue weighted by atomic mass is 9.69. The lowest BCUT2D eigenvalue weighted by Gasteiger charge is -2.39. The number of unbranched alkanes of at least 4 members (excludes halogenated alkanes) is 1. The number of nitrogens with one attached hydrogen (secondary N) is 1. The van der Waals surface area contributed by atoms with E-state index in [4.69, 9.17) is 0 Å². The van der Waals surface area contributed by atoms with Gasteiger partial charge >= 0.3 is 0 Å². The van der Waals surface area contributed by atoms with Crippen molar-refractivity contribution in [3.8, 4) is 0 Å². The van der Waals surface area contributed by atoms with Gasteiger partial charge in [0.25, 0.3) is 0 Å². The molecule has 2 nitrogen and oxygen atoms in total. The molecule has 112 valence electrons. The number of carbonyl (C=O) groups is 1. The molecule has 1 N–H and O–H groups in total. The van der Waals surface area contributed by atoms with Crippen molar-refractivity contribution < 1.29 is 4.79 Å². The van der Waals surface area contributed by atoms with Crippen LogP contribution in [0.4, 0.5) is 0 Å². The van der Waals surface area contributed by atoms with Crippen LogP contribution < -0.4 is 5.32 Å². The molecule has 0 aromatic heterocycles. The predicted octanol–water partition coefficient (Wildman–Crippen LogP) is 4.66. The molecule has 0 unspecified atom stereocenters. The Kier molecular flexibility index (Phi) is 7.41. The Bertz CT molecular complexity index is 270. The molecule has 1 rings (SSSR count). The van der Waals surface area contributed by atoms with Crippen LogP contribution in [0.3, 0.4) is 0 Å². The molecule has 1 aliphatic carbocycles. The molecule has 0 bridgehead atoms. The fourth-order valence-corrected chi connectivity index (χ4v) is 3.38. The summed E-state index contributed by atoms with van der Waals surface area (Å²) in [6, 6.07) is 0.431. The summed E-state index contributed by atoms with van der Waals surface area (Å²) < 4.78 is 0. The van der Waals surface area contributed by atoms with Crippen molar-refractivity contribution in [3.05, 3.63) is 0 Å². The first-order chi connectivity index (χ1) is 8.99. The van der Waals surface area contributed by atoms with Crippen LogP contribution in [-0.4, -0.2) is 17.3 Å². The maximum Gasteiger partial charge on any atom is 0.220 e. The average molecular weight is 332 g/mol. The topological polar surface area (TPSA) is 29.1 Å². The molecule has 0 radical (unpaired) electrons. The Morgan fingerprint density at radius 3 is 2.37 bits per heavy atom. The van der Waals surface area contributed by atoms with Gasteiger partial charge in [-0.15, -0.1) is 0 Å². The first kappa shape index (κ1) is 17.0. The van der Waals surface area contributed by atoms with E-state index in [0.717, 1.165) is 36.9 Å². The van der Waals surface area contributed by atoms with Crippen LogP contribution in [0, 0.1) is 11.3 Å². The maximum atomic E-state index is 11.8. The normalized spacial score (nSPS) is 24.2. The molecule has 0 aromatic rings. The minimum Gasteiger partial charge on any atom is -0.353 e. The number of carbonyl (C=O) groups excluding carboxylic acids is 1. The third-order valence-corrected chi connectivity index (χ3v) is 5.46. The van der Waals surface area contributed by atoms with Gasteiger partial charge in [0.2, 0.25) is 5.91 Å². The molecule has 0 spiro atoms. The van der Waals surface area contributed by atoms with Crippen molar-refractivity contribution in [1.29, 1.82) is 0 Å². The van der Waals surface area contributed by atoms with Crippen LogP contribution in [0.25, 0.3) is 0 Å². The Balaban J connectivity index is 2.25. The van der Waals surface area contributed by atoms with Gasteiger partial charge in [-0.3, -0.25) is 4.79 Å². The number of hydrogen-bond donors (Lipinski definition) is 1. The van der Waals surface area contributed by atoms with Gasteiger partial charge in [-0.2, -0.15) is 0 Å². The summed E-state index contributed by atoms with van der Waals surface area (Å²) in [5.74, 6) is 1.08. The first-order valence-electron chi connectivity index (χ1n) is 7.85. The summed E-state index contributed by atoms with van der Waals surface area (Å²) in [6.07, 6.45) is 8.89. The van der Waals surface area contributed by atoms with Gasteiger partial charge in [-0.1, -0.05) is 43.1 Å². The molecule has 0 aromatic carbocycles. The standard InChI is InChI=1S/C16H30BrNO/c1-4-16(2,3)13-8-10-14(11-9-13)18-15(19)7-5-6-12-17/h13-14H,4-12H2,1-3H3,(H,18,19). The van der Waals surface area contributed by atoms with E-state index in [-0.39, 0.29) is 5.91 Å². The van der Waals surface area contributed by atoms with Crippen molar-refractivity contribution >= 4 is 21.8 Å². The molecular formula is C16H30BrNO. The summed E-state index contributed by atoms with van der Waals surface area (Å²) in [5, 5.41) is 4.21. The molecule has 0 aliphatic heterocycles. The lowest BCUT2D eigenvalue weighted by Crippen LogP contribution is -2.39. The molecule has 1 saturated carbocycles. The minimum atomic E-state index is 0.249. The van der Waals surface area contributed by atoms with E-state index in [1.165, 1.54) is 19.3 Å². The van der Waals surface area contributed by atoms with Crippen LogP contribution in [0.1, 0.15) is 72.1 Å². The Morgan fingerprint density at radius 2 is 1.84 bits per heavy atom. The smallest absolute Gasteiger partial charge is 0.220 e. The largest absolute Gasteiger partial charge is 0.353 e. The summed E-state index contributed by atoms with van der Waals surface area (Å²) in [6.45, 7) is 7.06. The highest BCUT2D eigenvalue weighted by Gasteiger charge is 2.31. The fraction of sp³-hybridized carbons (Fsp3) is 0.938. The number of hydrogen-bond acceptors (Lipinski definition) is 1. The second-order valence-corrected chi connectivity index (χ2v) is 7.40. The second-order valence-electron chi connectivity index (χ2n) is 6.60. The average Bonchev–Trinajstić information content (AvgIpc) is 2.39. The SMILES string of the molecule is CCC(C)(C)C1CCC(NC(=O)CCCCBr)CC1. The number of rotatable bonds is 7. The van der Waals surface area contributed by atoms with Gasteiger partial charge in [-0.25, -0.2) is 0 Å². The summed E-state index contributed by atoms with van der Waals surface area (Å²) in [5.41, 5.74) is 0.463. The van der Waals surface area contributed by atoms with E-state index in [2.05, 4.69) is 42.0 Å². The van der Waals surface area contributed by atoms with Crippen molar-refractivity contribution in [2.45, 2.75) is 78.2 Å². The molecule has 19 heavy (non-hydrogen) atoms. The Labute approximate surface area is 127 Å². The van der Waals surface area contributed by atoms with Crippen molar-refractivity contribution in [1.82, 2.24) is 5.32 Å². The third kappa shape index (κ3) is 5.85. The fourth-order valence-electron chi connectivity index (χ4n) is 2.99. The van der Waals surface area contributed by atoms with E-state index in [0.29, 0.717) is 17.9 Å². The Morgan fingerprint density at radius 1 is 1.21 bits per heavy atom. The quantitative estimate of drug-likeness (QED) is 0.533. The zero-order valence-corrected chi connectivity index (χ0v) is 14.4. The molecule has 3 heteroatoms. The van der Waals surface area contributed by atoms with E-state index in [1.807, 2.05) is 0 Å².